The number of halogens is 1. The van der Waals surface area contributed by atoms with E-state index in [1.807, 2.05) is 45.9 Å². The van der Waals surface area contributed by atoms with Crippen molar-refractivity contribution in [3.63, 3.8) is 0 Å². The summed E-state index contributed by atoms with van der Waals surface area (Å²) < 4.78 is 13.4. The van der Waals surface area contributed by atoms with Gasteiger partial charge in [0.25, 0.3) is 0 Å². The van der Waals surface area contributed by atoms with E-state index in [0.717, 1.165) is 22.6 Å². The molecule has 0 radical (unpaired) electrons. The zero-order chi connectivity index (χ0) is 15.6. The second-order valence-electron chi connectivity index (χ2n) is 5.53. The van der Waals surface area contributed by atoms with Crippen LogP contribution in [0.5, 0.6) is 5.75 Å². The van der Waals surface area contributed by atoms with Crippen LogP contribution in [0.25, 0.3) is 11.0 Å². The van der Waals surface area contributed by atoms with Gasteiger partial charge in [0.05, 0.1) is 29.6 Å². The molecule has 0 N–H and O–H groups in total. The molecule has 1 aromatic heterocycles. The van der Waals surface area contributed by atoms with Crippen LogP contribution in [0, 0.1) is 0 Å². The normalized spacial score (nSPS) is 14.6. The first-order chi connectivity index (χ1) is 9.93. The minimum atomic E-state index is -0.173. The summed E-state index contributed by atoms with van der Waals surface area (Å²) in [5.74, 6) is 1.64. The third kappa shape index (κ3) is 3.50. The highest BCUT2D eigenvalue weighted by Crippen LogP contribution is 2.31. The van der Waals surface area contributed by atoms with E-state index in [1.165, 1.54) is 0 Å². The number of hydrogen-bond donors (Lipinski definition) is 0. The van der Waals surface area contributed by atoms with Gasteiger partial charge < -0.3 is 14.0 Å². The number of imidazole rings is 1. The zero-order valence-electron chi connectivity index (χ0n) is 13.3. The van der Waals surface area contributed by atoms with E-state index in [9.17, 15) is 0 Å². The van der Waals surface area contributed by atoms with Crippen molar-refractivity contribution in [1.82, 2.24) is 9.55 Å². The molecular weight excluding hydrogens is 288 g/mol. The SMILES string of the molecule is COC(C)Cn1c(C(C)Cl)nc2c(OC(C)C)cccc21. The van der Waals surface area contributed by atoms with Gasteiger partial charge in [-0.2, -0.15) is 0 Å². The minimum absolute atomic E-state index is 0.0891. The number of nitrogens with zero attached hydrogens (tertiary/aromatic N) is 2. The Labute approximate surface area is 131 Å². The van der Waals surface area contributed by atoms with Gasteiger partial charge in [0, 0.05) is 7.11 Å². The molecule has 0 aliphatic rings. The lowest BCUT2D eigenvalue weighted by Crippen LogP contribution is -2.17. The first-order valence-electron chi connectivity index (χ1n) is 7.26. The van der Waals surface area contributed by atoms with Gasteiger partial charge in [-0.15, -0.1) is 11.6 Å². The highest BCUT2D eigenvalue weighted by atomic mass is 35.5. The summed E-state index contributed by atoms with van der Waals surface area (Å²) in [4.78, 5) is 4.70. The van der Waals surface area contributed by atoms with Crippen LogP contribution in [-0.4, -0.2) is 28.9 Å². The Morgan fingerprint density at radius 2 is 1.95 bits per heavy atom. The molecule has 5 heteroatoms. The van der Waals surface area contributed by atoms with Crippen LogP contribution in [-0.2, 0) is 11.3 Å². The molecule has 0 spiro atoms. The van der Waals surface area contributed by atoms with Crippen LogP contribution in [0.3, 0.4) is 0 Å². The highest BCUT2D eigenvalue weighted by Gasteiger charge is 2.19. The molecule has 0 aliphatic carbocycles. The summed E-state index contributed by atoms with van der Waals surface area (Å²) in [6, 6.07) is 5.97. The van der Waals surface area contributed by atoms with Crippen LogP contribution < -0.4 is 4.74 Å². The van der Waals surface area contributed by atoms with E-state index in [1.54, 1.807) is 7.11 Å². The van der Waals surface area contributed by atoms with Gasteiger partial charge >= 0.3 is 0 Å². The van der Waals surface area contributed by atoms with Gasteiger partial charge in [0.1, 0.15) is 17.1 Å². The number of alkyl halides is 1. The molecule has 0 bridgehead atoms. The van der Waals surface area contributed by atoms with Gasteiger partial charge in [-0.05, 0) is 39.8 Å². The van der Waals surface area contributed by atoms with E-state index in [0.29, 0.717) is 6.54 Å². The van der Waals surface area contributed by atoms with Crippen molar-refractivity contribution in [2.75, 3.05) is 7.11 Å². The lowest BCUT2D eigenvalue weighted by molar-refractivity contribution is 0.103. The Balaban J connectivity index is 2.56. The molecule has 2 unspecified atom stereocenters. The quantitative estimate of drug-likeness (QED) is 0.752. The lowest BCUT2D eigenvalue weighted by atomic mass is 10.2. The summed E-state index contributed by atoms with van der Waals surface area (Å²) in [6.45, 7) is 8.69. The van der Waals surface area contributed by atoms with Crippen molar-refractivity contribution in [2.24, 2.45) is 0 Å². The molecule has 0 aliphatic heterocycles. The van der Waals surface area contributed by atoms with Gasteiger partial charge in [-0.1, -0.05) is 6.07 Å². The van der Waals surface area contributed by atoms with E-state index < -0.39 is 0 Å². The smallest absolute Gasteiger partial charge is 0.147 e. The maximum absolute atomic E-state index is 6.30. The Morgan fingerprint density at radius 1 is 1.24 bits per heavy atom. The van der Waals surface area contributed by atoms with Crippen LogP contribution >= 0.6 is 11.6 Å². The summed E-state index contributed by atoms with van der Waals surface area (Å²) in [6.07, 6.45) is 0.196. The van der Waals surface area contributed by atoms with E-state index in [-0.39, 0.29) is 17.6 Å². The van der Waals surface area contributed by atoms with E-state index in [4.69, 9.17) is 26.1 Å². The van der Waals surface area contributed by atoms with Crippen LogP contribution in [0.2, 0.25) is 0 Å². The second-order valence-corrected chi connectivity index (χ2v) is 6.19. The topological polar surface area (TPSA) is 36.3 Å². The molecule has 0 amide bonds. The fourth-order valence-electron chi connectivity index (χ4n) is 2.32. The summed E-state index contributed by atoms with van der Waals surface area (Å²) in [7, 11) is 1.71. The predicted octanol–water partition coefficient (Wildman–Crippen LogP) is 4.16. The van der Waals surface area contributed by atoms with Crippen molar-refractivity contribution < 1.29 is 9.47 Å². The maximum Gasteiger partial charge on any atom is 0.147 e. The number of para-hydroxylation sites is 1. The molecule has 116 valence electrons. The molecule has 21 heavy (non-hydrogen) atoms. The van der Waals surface area contributed by atoms with Crippen molar-refractivity contribution in [3.8, 4) is 5.75 Å². The van der Waals surface area contributed by atoms with Gasteiger partial charge in [-0.25, -0.2) is 4.98 Å². The molecule has 2 aromatic rings. The molecule has 1 aromatic carbocycles. The van der Waals surface area contributed by atoms with Crippen LogP contribution in [0.4, 0.5) is 0 Å². The minimum Gasteiger partial charge on any atom is -0.489 e. The predicted molar refractivity (Wildman–Crippen MR) is 86.2 cm³/mol. The second kappa shape index (κ2) is 6.67. The number of benzene rings is 1. The van der Waals surface area contributed by atoms with Gasteiger partial charge in [0.15, 0.2) is 0 Å². The van der Waals surface area contributed by atoms with Gasteiger partial charge in [0.2, 0.25) is 0 Å². The molecule has 0 saturated carbocycles. The van der Waals surface area contributed by atoms with Crippen molar-refractivity contribution in [3.05, 3.63) is 24.0 Å². The van der Waals surface area contributed by atoms with Gasteiger partial charge in [-0.3, -0.25) is 0 Å². The largest absolute Gasteiger partial charge is 0.489 e. The number of hydrogen-bond acceptors (Lipinski definition) is 3. The average Bonchev–Trinajstić information content (AvgIpc) is 2.78. The summed E-state index contributed by atoms with van der Waals surface area (Å²) in [5.41, 5.74) is 1.89. The first kappa shape index (κ1) is 16.1. The average molecular weight is 311 g/mol. The van der Waals surface area contributed by atoms with Crippen molar-refractivity contribution in [2.45, 2.75) is 51.8 Å². The lowest BCUT2D eigenvalue weighted by Gasteiger charge is -2.15. The van der Waals surface area contributed by atoms with Crippen molar-refractivity contribution in [1.29, 1.82) is 0 Å². The number of fused-ring (bicyclic) bond motifs is 1. The Bertz CT molecular complexity index is 608. The number of rotatable bonds is 6. The molecule has 2 atom stereocenters. The Kier molecular flexibility index (Phi) is 5.12. The monoisotopic (exact) mass is 310 g/mol. The van der Waals surface area contributed by atoms with E-state index >= 15 is 0 Å². The first-order valence-corrected chi connectivity index (χ1v) is 7.70. The maximum atomic E-state index is 6.30. The molecule has 0 saturated heterocycles. The molecule has 2 rings (SSSR count). The molecule has 0 fully saturated rings. The third-order valence-corrected chi connectivity index (χ3v) is 3.53. The number of methoxy groups -OCH3 is 1. The summed E-state index contributed by atoms with van der Waals surface area (Å²) in [5, 5.41) is -0.173. The fourth-order valence-corrected chi connectivity index (χ4v) is 2.48. The van der Waals surface area contributed by atoms with Crippen LogP contribution in [0.15, 0.2) is 18.2 Å². The zero-order valence-corrected chi connectivity index (χ0v) is 14.0. The molecule has 4 nitrogen and oxygen atoms in total. The Hall–Kier alpha value is -1.26. The van der Waals surface area contributed by atoms with E-state index in [2.05, 4.69) is 4.57 Å². The number of aromatic nitrogens is 2. The van der Waals surface area contributed by atoms with Crippen molar-refractivity contribution >= 4 is 22.6 Å². The summed E-state index contributed by atoms with van der Waals surface area (Å²) >= 11 is 6.30. The number of ether oxygens (including phenoxy) is 2. The third-order valence-electron chi connectivity index (χ3n) is 3.33. The molecular formula is C16H23ClN2O2. The standard InChI is InChI=1S/C16H23ClN2O2/c1-10(2)21-14-8-6-7-13-15(14)18-16(12(4)17)19(13)9-11(3)20-5/h6-8,10-12H,9H2,1-5H3. The fraction of sp³-hybridized carbons (Fsp3) is 0.562. The van der Waals surface area contributed by atoms with Crippen LogP contribution in [0.1, 0.15) is 38.9 Å². The molecule has 1 heterocycles. The highest BCUT2D eigenvalue weighted by molar-refractivity contribution is 6.20. The Morgan fingerprint density at radius 3 is 2.52 bits per heavy atom.